The SMILES string of the molecule is FC(F)(F)N(c1ccccc1Br)C1CC1. The molecule has 1 nitrogen and oxygen atoms in total. The monoisotopic (exact) mass is 279 g/mol. The number of nitrogens with zero attached hydrogens (tertiary/aromatic N) is 1. The molecule has 15 heavy (non-hydrogen) atoms. The third-order valence-corrected chi connectivity index (χ3v) is 2.97. The summed E-state index contributed by atoms with van der Waals surface area (Å²) in [5, 5.41) is 0. The molecule has 1 fully saturated rings. The van der Waals surface area contributed by atoms with Crippen molar-refractivity contribution in [2.45, 2.75) is 25.2 Å². The predicted molar refractivity (Wildman–Crippen MR) is 55.7 cm³/mol. The summed E-state index contributed by atoms with van der Waals surface area (Å²) in [6.07, 6.45) is -3.08. The summed E-state index contributed by atoms with van der Waals surface area (Å²) in [4.78, 5) is 0.539. The summed E-state index contributed by atoms with van der Waals surface area (Å²) in [6, 6.07) is 6.03. The summed E-state index contributed by atoms with van der Waals surface area (Å²) in [5.74, 6) is 0. The van der Waals surface area contributed by atoms with Gasteiger partial charge in [0.25, 0.3) is 0 Å². The van der Waals surface area contributed by atoms with E-state index in [1.165, 1.54) is 6.07 Å². The average Bonchev–Trinajstić information content (AvgIpc) is 2.90. The topological polar surface area (TPSA) is 3.24 Å². The van der Waals surface area contributed by atoms with Gasteiger partial charge in [0.15, 0.2) is 0 Å². The Morgan fingerprint density at radius 2 is 1.80 bits per heavy atom. The molecule has 0 radical (unpaired) electrons. The van der Waals surface area contributed by atoms with Crippen LogP contribution in [0.2, 0.25) is 0 Å². The van der Waals surface area contributed by atoms with Crippen LogP contribution in [0.3, 0.4) is 0 Å². The number of alkyl halides is 3. The van der Waals surface area contributed by atoms with Crippen LogP contribution in [0.1, 0.15) is 12.8 Å². The number of rotatable bonds is 2. The minimum absolute atomic E-state index is 0.201. The van der Waals surface area contributed by atoms with Crippen LogP contribution >= 0.6 is 15.9 Å². The second-order valence-corrected chi connectivity index (χ2v) is 4.37. The fourth-order valence-electron chi connectivity index (χ4n) is 1.52. The number of hydrogen-bond donors (Lipinski definition) is 0. The summed E-state index contributed by atoms with van der Waals surface area (Å²) in [6.45, 7) is 0. The highest BCUT2D eigenvalue weighted by molar-refractivity contribution is 9.10. The van der Waals surface area contributed by atoms with Gasteiger partial charge < -0.3 is 0 Å². The molecule has 0 heterocycles. The Bertz CT molecular complexity index is 360. The maximum Gasteiger partial charge on any atom is 0.485 e. The van der Waals surface area contributed by atoms with Gasteiger partial charge in [-0.25, -0.2) is 0 Å². The lowest BCUT2D eigenvalue weighted by atomic mass is 10.3. The van der Waals surface area contributed by atoms with Gasteiger partial charge in [0.05, 0.1) is 5.69 Å². The van der Waals surface area contributed by atoms with Gasteiger partial charge in [-0.05, 0) is 40.9 Å². The van der Waals surface area contributed by atoms with Gasteiger partial charge in [-0.1, -0.05) is 12.1 Å². The largest absolute Gasteiger partial charge is 0.485 e. The van der Waals surface area contributed by atoms with Crippen molar-refractivity contribution >= 4 is 21.6 Å². The van der Waals surface area contributed by atoms with Crippen molar-refractivity contribution in [3.8, 4) is 0 Å². The minimum Gasteiger partial charge on any atom is -0.280 e. The molecule has 0 spiro atoms. The van der Waals surface area contributed by atoms with Gasteiger partial charge >= 0.3 is 6.30 Å². The Kier molecular flexibility index (Phi) is 2.66. The van der Waals surface area contributed by atoms with Crippen LogP contribution in [0.25, 0.3) is 0 Å². The van der Waals surface area contributed by atoms with Gasteiger partial charge in [0.2, 0.25) is 0 Å². The summed E-state index contributed by atoms with van der Waals surface area (Å²) >= 11 is 3.14. The van der Waals surface area contributed by atoms with Crippen molar-refractivity contribution in [3.63, 3.8) is 0 Å². The molecule has 82 valence electrons. The van der Waals surface area contributed by atoms with Crippen LogP contribution in [0.15, 0.2) is 28.7 Å². The Labute approximate surface area is 94.0 Å². The van der Waals surface area contributed by atoms with E-state index in [2.05, 4.69) is 15.9 Å². The van der Waals surface area contributed by atoms with Crippen molar-refractivity contribution in [2.75, 3.05) is 4.90 Å². The van der Waals surface area contributed by atoms with Gasteiger partial charge in [0, 0.05) is 10.5 Å². The van der Waals surface area contributed by atoms with Crippen molar-refractivity contribution in [1.29, 1.82) is 0 Å². The Hall–Kier alpha value is -0.710. The van der Waals surface area contributed by atoms with Gasteiger partial charge in [-0.3, -0.25) is 4.90 Å². The highest BCUT2D eigenvalue weighted by Gasteiger charge is 2.46. The second kappa shape index (κ2) is 3.70. The van der Waals surface area contributed by atoms with E-state index in [-0.39, 0.29) is 11.7 Å². The first kappa shape index (κ1) is 10.8. The fourth-order valence-corrected chi connectivity index (χ4v) is 2.00. The number of para-hydroxylation sites is 1. The fraction of sp³-hybridized carbons (Fsp3) is 0.400. The standard InChI is InChI=1S/C10H9BrF3N/c11-8-3-1-2-4-9(8)15(7-5-6-7)10(12,13)14/h1-4,7H,5-6H2. The highest BCUT2D eigenvalue weighted by Crippen LogP contribution is 2.42. The first-order valence-electron chi connectivity index (χ1n) is 4.61. The zero-order chi connectivity index (χ0) is 11.1. The number of hydrogen-bond acceptors (Lipinski definition) is 1. The summed E-state index contributed by atoms with van der Waals surface area (Å²) < 4.78 is 38.8. The highest BCUT2D eigenvalue weighted by atomic mass is 79.9. The molecule has 1 aliphatic rings. The van der Waals surface area contributed by atoms with Gasteiger partial charge in [-0.2, -0.15) is 13.2 Å². The van der Waals surface area contributed by atoms with Crippen molar-refractivity contribution < 1.29 is 13.2 Å². The van der Waals surface area contributed by atoms with E-state index < -0.39 is 6.30 Å². The first-order chi connectivity index (χ1) is 7.00. The molecule has 0 saturated heterocycles. The summed E-state index contributed by atoms with van der Waals surface area (Å²) in [5.41, 5.74) is 0.201. The van der Waals surface area contributed by atoms with E-state index in [0.717, 1.165) is 0 Å². The third kappa shape index (κ3) is 2.27. The molecule has 0 atom stereocenters. The molecule has 0 aliphatic heterocycles. The molecule has 1 aromatic rings. The van der Waals surface area contributed by atoms with E-state index in [1.54, 1.807) is 18.2 Å². The number of benzene rings is 1. The molecular formula is C10H9BrF3N. The minimum atomic E-state index is -4.30. The maximum atomic E-state index is 12.8. The Balaban J connectivity index is 2.37. The molecule has 0 amide bonds. The molecule has 1 aliphatic carbocycles. The Morgan fingerprint density at radius 3 is 2.27 bits per heavy atom. The van der Waals surface area contributed by atoms with Crippen LogP contribution in [-0.2, 0) is 0 Å². The zero-order valence-corrected chi connectivity index (χ0v) is 9.35. The molecule has 0 aromatic heterocycles. The number of halogens is 4. The normalized spacial score (nSPS) is 16.5. The lowest BCUT2D eigenvalue weighted by Gasteiger charge is -2.27. The maximum absolute atomic E-state index is 12.8. The Morgan fingerprint density at radius 1 is 1.20 bits per heavy atom. The molecule has 0 unspecified atom stereocenters. The molecule has 5 heteroatoms. The van der Waals surface area contributed by atoms with Crippen LogP contribution < -0.4 is 4.90 Å². The predicted octanol–water partition coefficient (Wildman–Crippen LogP) is 3.94. The molecule has 1 saturated carbocycles. The molecule has 2 rings (SSSR count). The molecular weight excluding hydrogens is 271 g/mol. The quantitative estimate of drug-likeness (QED) is 0.742. The van der Waals surface area contributed by atoms with Gasteiger partial charge in [-0.15, -0.1) is 0 Å². The van der Waals surface area contributed by atoms with E-state index in [9.17, 15) is 13.2 Å². The average molecular weight is 280 g/mol. The molecule has 0 bridgehead atoms. The first-order valence-corrected chi connectivity index (χ1v) is 5.40. The third-order valence-electron chi connectivity index (χ3n) is 2.30. The van der Waals surface area contributed by atoms with E-state index in [1.807, 2.05) is 0 Å². The van der Waals surface area contributed by atoms with Crippen molar-refractivity contribution in [2.24, 2.45) is 0 Å². The zero-order valence-electron chi connectivity index (χ0n) is 7.76. The summed E-state index contributed by atoms with van der Waals surface area (Å²) in [7, 11) is 0. The van der Waals surface area contributed by atoms with Crippen molar-refractivity contribution in [1.82, 2.24) is 0 Å². The molecule has 1 aromatic carbocycles. The van der Waals surface area contributed by atoms with Crippen LogP contribution in [-0.4, -0.2) is 12.3 Å². The van der Waals surface area contributed by atoms with E-state index in [0.29, 0.717) is 22.2 Å². The second-order valence-electron chi connectivity index (χ2n) is 3.52. The van der Waals surface area contributed by atoms with Crippen LogP contribution in [0, 0.1) is 0 Å². The van der Waals surface area contributed by atoms with Gasteiger partial charge in [0.1, 0.15) is 0 Å². The van der Waals surface area contributed by atoms with Crippen molar-refractivity contribution in [3.05, 3.63) is 28.7 Å². The lowest BCUT2D eigenvalue weighted by Crippen LogP contribution is -2.40. The number of anilines is 1. The van der Waals surface area contributed by atoms with Crippen LogP contribution in [0.5, 0.6) is 0 Å². The van der Waals surface area contributed by atoms with Crippen LogP contribution in [0.4, 0.5) is 18.9 Å². The smallest absolute Gasteiger partial charge is 0.280 e. The van der Waals surface area contributed by atoms with E-state index in [4.69, 9.17) is 0 Å². The lowest BCUT2D eigenvalue weighted by molar-refractivity contribution is -0.130. The van der Waals surface area contributed by atoms with E-state index >= 15 is 0 Å². The molecule has 0 N–H and O–H groups in total.